The quantitative estimate of drug-likeness (QED) is 0.0520. The minimum atomic E-state index is -2.34. The number of hydrogen-bond acceptors (Lipinski definition) is 3. The average Bonchev–Trinajstić information content (AvgIpc) is 2.99. The predicted molar refractivity (Wildman–Crippen MR) is 189 cm³/mol. The van der Waals surface area contributed by atoms with Gasteiger partial charge in [-0.15, -0.1) is 0 Å². The summed E-state index contributed by atoms with van der Waals surface area (Å²) in [6.07, 6.45) is 41.5. The Morgan fingerprint density at radius 2 is 0.595 bits per heavy atom. The van der Waals surface area contributed by atoms with Gasteiger partial charge in [0.25, 0.3) is 0 Å². The highest BCUT2D eigenvalue weighted by Gasteiger charge is 2.09. The Hall–Kier alpha value is 0.150. The van der Waals surface area contributed by atoms with E-state index in [9.17, 15) is 4.57 Å². The highest BCUT2D eigenvalue weighted by molar-refractivity contribution is 7.33. The molecule has 0 heterocycles. The summed E-state index contributed by atoms with van der Waals surface area (Å²) in [5, 5.41) is 0. The minimum absolute atomic E-state index is 0.466. The number of unbranched alkanes of at least 4 members (excludes halogenated alkanes) is 26. The molecule has 0 N–H and O–H groups in total. The molecule has 254 valence electrons. The van der Waals surface area contributed by atoms with Crippen LogP contribution in [0.2, 0.25) is 0 Å². The second-order valence-corrected chi connectivity index (χ2v) is 14.9. The number of hydrogen-bond donors (Lipinski definition) is 0. The molecule has 0 rings (SSSR count). The molecule has 42 heavy (non-hydrogen) atoms. The Kier molecular flexibility index (Phi) is 35.8. The van der Waals surface area contributed by atoms with Crippen molar-refractivity contribution in [1.82, 2.24) is 0 Å². The first kappa shape index (κ1) is 42.1. The molecule has 0 aromatic heterocycles. The highest BCUT2D eigenvalue weighted by Crippen LogP contribution is 2.27. The Morgan fingerprint density at radius 3 is 0.833 bits per heavy atom. The average molecular weight is 615 g/mol. The largest absolute Gasteiger partial charge is 0.319 e. The van der Waals surface area contributed by atoms with Gasteiger partial charge < -0.3 is 9.05 Å². The fourth-order valence-corrected chi connectivity index (χ4v) is 6.93. The Morgan fingerprint density at radius 1 is 0.381 bits per heavy atom. The third-order valence-electron chi connectivity index (χ3n) is 9.07. The summed E-state index contributed by atoms with van der Waals surface area (Å²) in [6.45, 7) is 10.2. The zero-order valence-corrected chi connectivity index (χ0v) is 30.5. The maximum atomic E-state index is 12.2. The van der Waals surface area contributed by atoms with E-state index in [1.807, 2.05) is 0 Å². The maximum Gasteiger partial charge on any atom is 0.319 e. The van der Waals surface area contributed by atoms with Crippen LogP contribution in [0, 0.1) is 11.8 Å². The van der Waals surface area contributed by atoms with Crippen LogP contribution < -0.4 is 0 Å². The molecule has 4 heteroatoms. The fraction of sp³-hybridized carbons (Fsp3) is 1.00. The van der Waals surface area contributed by atoms with Gasteiger partial charge in [0.1, 0.15) is 0 Å². The van der Waals surface area contributed by atoms with Crippen molar-refractivity contribution >= 4 is 8.25 Å². The summed E-state index contributed by atoms with van der Waals surface area (Å²) >= 11 is 0. The van der Waals surface area contributed by atoms with Crippen molar-refractivity contribution in [2.24, 2.45) is 11.8 Å². The van der Waals surface area contributed by atoms with Crippen molar-refractivity contribution in [3.63, 3.8) is 0 Å². The molecule has 0 saturated heterocycles. The Bertz CT molecular complexity index is 482. The third-order valence-corrected chi connectivity index (χ3v) is 9.88. The van der Waals surface area contributed by atoms with Crippen molar-refractivity contribution < 1.29 is 13.6 Å². The predicted octanol–water partition coefficient (Wildman–Crippen LogP) is 14.4. The van der Waals surface area contributed by atoms with Gasteiger partial charge in [-0.1, -0.05) is 207 Å². The minimum Gasteiger partial charge on any atom is -0.310 e. The zero-order chi connectivity index (χ0) is 30.8. The lowest BCUT2D eigenvalue weighted by Gasteiger charge is -2.14. The van der Waals surface area contributed by atoms with Gasteiger partial charge in [0.05, 0.1) is 13.2 Å². The van der Waals surface area contributed by atoms with Gasteiger partial charge in [-0.2, -0.15) is 0 Å². The van der Waals surface area contributed by atoms with Crippen LogP contribution in [0.15, 0.2) is 0 Å². The first-order valence-electron chi connectivity index (χ1n) is 19.4. The normalized spacial score (nSPS) is 13.9. The second kappa shape index (κ2) is 35.6. The Labute approximate surface area is 266 Å². The van der Waals surface area contributed by atoms with Gasteiger partial charge >= 0.3 is 8.25 Å². The van der Waals surface area contributed by atoms with Gasteiger partial charge in [-0.25, -0.2) is 0 Å². The van der Waals surface area contributed by atoms with Gasteiger partial charge in [-0.3, -0.25) is 4.57 Å². The lowest BCUT2D eigenvalue weighted by atomic mass is 10.0. The number of rotatable bonds is 36. The Balaban J connectivity index is 3.38. The SMILES string of the molecule is CCCCCCCCCCCCCCCCC(C)CO[PH](=O)OCC(C)CCCCCCCCCCCCCCCC. The van der Waals surface area contributed by atoms with Gasteiger partial charge in [-0.05, 0) is 24.7 Å². The summed E-state index contributed by atoms with van der Waals surface area (Å²) in [7, 11) is -2.34. The fourth-order valence-electron chi connectivity index (χ4n) is 6.00. The van der Waals surface area contributed by atoms with Crippen LogP contribution in [-0.2, 0) is 13.6 Å². The molecule has 0 bridgehead atoms. The molecule has 0 saturated carbocycles. The van der Waals surface area contributed by atoms with Gasteiger partial charge in [0.15, 0.2) is 0 Å². The molecule has 0 aromatic rings. The molecule has 0 amide bonds. The molecular formula is C38H79O3P. The zero-order valence-electron chi connectivity index (χ0n) is 29.5. The standard InChI is InChI=1S/C38H79O3P/c1-5-7-9-11-13-15-17-19-21-23-25-27-29-31-33-37(3)35-40-42(39)41-36-38(4)34-32-30-28-26-24-22-20-18-16-14-12-10-8-6-2/h37-38,42H,5-36H2,1-4H3. The summed E-state index contributed by atoms with van der Waals surface area (Å²) in [6, 6.07) is 0. The van der Waals surface area contributed by atoms with Gasteiger partial charge in [0, 0.05) is 0 Å². The maximum absolute atomic E-state index is 12.2. The lowest BCUT2D eigenvalue weighted by Crippen LogP contribution is -2.05. The van der Waals surface area contributed by atoms with Crippen LogP contribution in [0.1, 0.15) is 220 Å². The molecule has 2 atom stereocenters. The lowest BCUT2D eigenvalue weighted by molar-refractivity contribution is 0.178. The molecule has 0 aliphatic heterocycles. The molecule has 0 aliphatic rings. The molecule has 2 unspecified atom stereocenters. The van der Waals surface area contributed by atoms with Crippen LogP contribution in [0.25, 0.3) is 0 Å². The van der Waals surface area contributed by atoms with E-state index >= 15 is 0 Å². The molecule has 0 spiro atoms. The third kappa shape index (κ3) is 34.6. The summed E-state index contributed by atoms with van der Waals surface area (Å²) in [5.41, 5.74) is 0. The van der Waals surface area contributed by atoms with E-state index in [-0.39, 0.29) is 0 Å². The van der Waals surface area contributed by atoms with Crippen LogP contribution in [0.3, 0.4) is 0 Å². The van der Waals surface area contributed by atoms with Crippen molar-refractivity contribution in [3.8, 4) is 0 Å². The van der Waals surface area contributed by atoms with E-state index in [4.69, 9.17) is 9.05 Å². The van der Waals surface area contributed by atoms with Crippen molar-refractivity contribution in [2.45, 2.75) is 220 Å². The van der Waals surface area contributed by atoms with E-state index in [0.29, 0.717) is 25.0 Å². The second-order valence-electron chi connectivity index (χ2n) is 13.9. The van der Waals surface area contributed by atoms with Gasteiger partial charge in [0.2, 0.25) is 0 Å². The monoisotopic (exact) mass is 615 g/mol. The molecule has 0 aromatic carbocycles. The van der Waals surface area contributed by atoms with E-state index < -0.39 is 8.25 Å². The molecule has 0 aliphatic carbocycles. The molecule has 3 nitrogen and oxygen atoms in total. The smallest absolute Gasteiger partial charge is 0.310 e. The van der Waals surface area contributed by atoms with Crippen LogP contribution in [0.5, 0.6) is 0 Å². The van der Waals surface area contributed by atoms with E-state index in [2.05, 4.69) is 27.7 Å². The van der Waals surface area contributed by atoms with E-state index in [1.54, 1.807) is 0 Å². The highest BCUT2D eigenvalue weighted by atomic mass is 31.1. The van der Waals surface area contributed by atoms with E-state index in [0.717, 1.165) is 0 Å². The van der Waals surface area contributed by atoms with Crippen molar-refractivity contribution in [3.05, 3.63) is 0 Å². The first-order valence-corrected chi connectivity index (χ1v) is 20.6. The summed E-state index contributed by atoms with van der Waals surface area (Å²) in [4.78, 5) is 0. The summed E-state index contributed by atoms with van der Waals surface area (Å²) in [5.74, 6) is 0.931. The van der Waals surface area contributed by atoms with Crippen LogP contribution in [0.4, 0.5) is 0 Å². The first-order chi connectivity index (χ1) is 20.6. The molecular weight excluding hydrogens is 535 g/mol. The molecule has 0 radical (unpaired) electrons. The van der Waals surface area contributed by atoms with E-state index in [1.165, 1.54) is 193 Å². The van der Waals surface area contributed by atoms with Crippen molar-refractivity contribution in [2.75, 3.05) is 13.2 Å². The van der Waals surface area contributed by atoms with Crippen LogP contribution >= 0.6 is 8.25 Å². The van der Waals surface area contributed by atoms with Crippen molar-refractivity contribution in [1.29, 1.82) is 0 Å². The topological polar surface area (TPSA) is 35.5 Å². The van der Waals surface area contributed by atoms with Crippen LogP contribution in [-0.4, -0.2) is 13.2 Å². The summed E-state index contributed by atoms with van der Waals surface area (Å²) < 4.78 is 23.3. The molecule has 0 fully saturated rings.